The summed E-state index contributed by atoms with van der Waals surface area (Å²) in [6, 6.07) is 0. The molecule has 0 amide bonds. The number of carbonyl (C=O) groups excluding carboxylic acids is 4. The summed E-state index contributed by atoms with van der Waals surface area (Å²) in [5.41, 5.74) is 0. The Morgan fingerprint density at radius 1 is 0.286 bits per heavy atom. The van der Waals surface area contributed by atoms with Crippen LogP contribution in [-0.2, 0) is 65.4 Å². The number of ether oxygens (including phenoxy) is 4. The average molecular weight is 1430 g/mol. The van der Waals surface area contributed by atoms with Gasteiger partial charge in [-0.05, 0) is 116 Å². The molecule has 0 heterocycles. The van der Waals surface area contributed by atoms with Crippen molar-refractivity contribution in [2.45, 2.75) is 380 Å². The zero-order valence-corrected chi connectivity index (χ0v) is 64.3. The molecule has 5 unspecified atom stereocenters. The Bertz CT molecular complexity index is 2100. The number of aliphatic hydroxyl groups excluding tert-OH is 1. The van der Waals surface area contributed by atoms with Crippen LogP contribution in [0.5, 0.6) is 0 Å². The van der Waals surface area contributed by atoms with Crippen LogP contribution < -0.4 is 0 Å². The Morgan fingerprint density at radius 3 is 0.806 bits per heavy atom. The molecule has 0 aliphatic rings. The van der Waals surface area contributed by atoms with Crippen molar-refractivity contribution >= 4 is 39.5 Å². The van der Waals surface area contributed by atoms with E-state index >= 15 is 0 Å². The molecule has 98 heavy (non-hydrogen) atoms. The van der Waals surface area contributed by atoms with E-state index in [4.69, 9.17) is 37.0 Å². The summed E-state index contributed by atoms with van der Waals surface area (Å²) in [7, 11) is -9.94. The minimum Gasteiger partial charge on any atom is -0.462 e. The van der Waals surface area contributed by atoms with E-state index in [0.29, 0.717) is 25.7 Å². The second kappa shape index (κ2) is 72.1. The zero-order chi connectivity index (χ0) is 71.8. The van der Waals surface area contributed by atoms with E-state index in [1.54, 1.807) is 0 Å². The van der Waals surface area contributed by atoms with E-state index in [-0.39, 0.29) is 25.7 Å². The topological polar surface area (TPSA) is 237 Å². The Labute approximate surface area is 597 Å². The van der Waals surface area contributed by atoms with Gasteiger partial charge in [-0.3, -0.25) is 37.3 Å². The SMILES string of the molecule is CCCCC/C=C\C/C=C\C/C=C\CCCCCCCCC(=O)OCC(COP(=O)(O)OCC(O)COP(=O)(O)OCC(COC(=O)CCCCCCC/C=C\CCCCCCCC)OC(=O)CCCCCCC/C=C\CCCCCC)OC(=O)CCCCCCCCCCCCC. The van der Waals surface area contributed by atoms with Gasteiger partial charge in [0.25, 0.3) is 0 Å². The number of hydrogen-bond donors (Lipinski definition) is 3. The van der Waals surface area contributed by atoms with Gasteiger partial charge in [0, 0.05) is 25.7 Å². The van der Waals surface area contributed by atoms with Crippen LogP contribution in [0.1, 0.15) is 362 Å². The Morgan fingerprint density at radius 2 is 0.500 bits per heavy atom. The molecule has 0 aliphatic carbocycles. The third kappa shape index (κ3) is 71.2. The van der Waals surface area contributed by atoms with E-state index in [1.807, 2.05) is 0 Å². The Hall–Kier alpha value is -3.24. The fourth-order valence-electron chi connectivity index (χ4n) is 10.9. The van der Waals surface area contributed by atoms with Gasteiger partial charge in [-0.15, -0.1) is 0 Å². The van der Waals surface area contributed by atoms with Gasteiger partial charge in [-0.25, -0.2) is 9.13 Å². The number of hydrogen-bond acceptors (Lipinski definition) is 15. The number of phosphoric ester groups is 2. The first kappa shape index (κ1) is 94.8. The normalized spacial score (nSPS) is 14.2. The van der Waals surface area contributed by atoms with Gasteiger partial charge < -0.3 is 33.8 Å². The van der Waals surface area contributed by atoms with E-state index in [2.05, 4.69) is 88.5 Å². The third-order valence-electron chi connectivity index (χ3n) is 17.0. The lowest BCUT2D eigenvalue weighted by atomic mass is 10.1. The molecule has 17 nitrogen and oxygen atoms in total. The highest BCUT2D eigenvalue weighted by molar-refractivity contribution is 7.47. The van der Waals surface area contributed by atoms with Gasteiger partial charge in [-0.1, -0.05) is 281 Å². The first-order valence-corrected chi connectivity index (χ1v) is 42.5. The van der Waals surface area contributed by atoms with Crippen LogP contribution >= 0.6 is 15.6 Å². The quantitative estimate of drug-likeness (QED) is 0.0169. The van der Waals surface area contributed by atoms with Gasteiger partial charge in [0.2, 0.25) is 0 Å². The highest BCUT2D eigenvalue weighted by atomic mass is 31.2. The lowest BCUT2D eigenvalue weighted by molar-refractivity contribution is -0.161. The average Bonchev–Trinajstić information content (AvgIpc) is 1.00. The largest absolute Gasteiger partial charge is 0.472 e. The molecular weight excluding hydrogens is 1280 g/mol. The highest BCUT2D eigenvalue weighted by Gasteiger charge is 2.30. The van der Waals surface area contributed by atoms with Gasteiger partial charge in [0.1, 0.15) is 19.3 Å². The van der Waals surface area contributed by atoms with Crippen molar-refractivity contribution in [1.82, 2.24) is 0 Å². The van der Waals surface area contributed by atoms with Crippen molar-refractivity contribution in [3.8, 4) is 0 Å². The maximum atomic E-state index is 13.1. The third-order valence-corrected chi connectivity index (χ3v) is 18.9. The van der Waals surface area contributed by atoms with Crippen molar-refractivity contribution in [3.63, 3.8) is 0 Å². The summed E-state index contributed by atoms with van der Waals surface area (Å²) in [6.07, 6.45) is 70.6. The molecule has 0 saturated carbocycles. The molecule has 0 fully saturated rings. The lowest BCUT2D eigenvalue weighted by Crippen LogP contribution is -2.30. The summed E-state index contributed by atoms with van der Waals surface area (Å²) in [5, 5.41) is 10.6. The molecule has 0 aromatic carbocycles. The highest BCUT2D eigenvalue weighted by Crippen LogP contribution is 2.45. The molecule has 0 aliphatic heterocycles. The molecule has 0 aromatic rings. The Balaban J connectivity index is 5.29. The van der Waals surface area contributed by atoms with Crippen LogP contribution in [0, 0.1) is 0 Å². The molecule has 0 aromatic heterocycles. The van der Waals surface area contributed by atoms with Gasteiger partial charge in [0.15, 0.2) is 12.2 Å². The van der Waals surface area contributed by atoms with Gasteiger partial charge in [-0.2, -0.15) is 0 Å². The van der Waals surface area contributed by atoms with E-state index in [1.165, 1.54) is 122 Å². The second-order valence-corrected chi connectivity index (χ2v) is 29.6. The minimum absolute atomic E-state index is 0.0875. The molecule has 0 radical (unpaired) electrons. The Kier molecular flexibility index (Phi) is 69.7. The summed E-state index contributed by atoms with van der Waals surface area (Å²) in [5.74, 6) is -2.18. The van der Waals surface area contributed by atoms with Crippen LogP contribution in [-0.4, -0.2) is 96.7 Å². The van der Waals surface area contributed by atoms with Crippen LogP contribution in [0.2, 0.25) is 0 Å². The van der Waals surface area contributed by atoms with E-state index in [0.717, 1.165) is 161 Å². The summed E-state index contributed by atoms with van der Waals surface area (Å²) in [6.45, 7) is 4.84. The lowest BCUT2D eigenvalue weighted by Gasteiger charge is -2.21. The molecule has 19 heteroatoms. The number of esters is 4. The van der Waals surface area contributed by atoms with Crippen LogP contribution in [0.3, 0.4) is 0 Å². The fraction of sp³-hybridized carbons (Fsp3) is 0.823. The maximum absolute atomic E-state index is 13.1. The zero-order valence-electron chi connectivity index (χ0n) is 62.5. The number of carbonyl (C=O) groups is 4. The number of phosphoric acid groups is 2. The number of rotatable bonds is 75. The maximum Gasteiger partial charge on any atom is 0.472 e. The molecule has 0 saturated heterocycles. The van der Waals surface area contributed by atoms with E-state index < -0.39 is 97.5 Å². The molecule has 0 bridgehead atoms. The molecule has 0 spiro atoms. The number of allylic oxidation sites excluding steroid dienone is 10. The van der Waals surface area contributed by atoms with Crippen molar-refractivity contribution in [2.75, 3.05) is 39.6 Å². The fourth-order valence-corrected chi connectivity index (χ4v) is 12.4. The first-order valence-electron chi connectivity index (χ1n) is 39.5. The number of unbranched alkanes of at least 4 members (excludes halogenated alkanes) is 39. The predicted molar refractivity (Wildman–Crippen MR) is 400 cm³/mol. The summed E-state index contributed by atoms with van der Waals surface area (Å²) >= 11 is 0. The van der Waals surface area contributed by atoms with Crippen LogP contribution in [0.15, 0.2) is 60.8 Å². The van der Waals surface area contributed by atoms with Crippen LogP contribution in [0.4, 0.5) is 0 Å². The molecule has 572 valence electrons. The van der Waals surface area contributed by atoms with Crippen molar-refractivity contribution in [1.29, 1.82) is 0 Å². The minimum atomic E-state index is -4.97. The van der Waals surface area contributed by atoms with Gasteiger partial charge in [0.05, 0.1) is 26.4 Å². The second-order valence-electron chi connectivity index (χ2n) is 26.7. The van der Waals surface area contributed by atoms with Crippen molar-refractivity contribution < 1.29 is 80.2 Å². The summed E-state index contributed by atoms with van der Waals surface area (Å²) < 4.78 is 68.5. The molecule has 3 N–H and O–H groups in total. The molecular formula is C79H144O17P2. The standard InChI is InChI=1S/C79H144O17P2/c1-5-9-13-17-21-25-29-32-34-35-36-37-39-42-45-48-52-56-60-64-77(82)89-69-74(95-78(83)65-61-57-53-49-43-28-24-20-16-12-8-4)71-93-97(85,86)91-67-73(80)68-92-98(87,88)94-72-75(96-79(84)66-62-58-54-50-46-40-31-27-23-19-15-11-7-3)70-90-76(81)63-59-55-51-47-44-41-38-33-30-26-22-18-14-10-6-2/h21,25,27,31-34,36-38,73-75,80H,5-20,22-24,26,28-30,35,39-72H2,1-4H3,(H,85,86)(H,87,88)/b25-21-,31-27-,34-32-,37-36-,38-33-. The monoisotopic (exact) mass is 1430 g/mol. The summed E-state index contributed by atoms with van der Waals surface area (Å²) in [4.78, 5) is 72.8. The van der Waals surface area contributed by atoms with Gasteiger partial charge >= 0.3 is 39.5 Å². The predicted octanol–water partition coefficient (Wildman–Crippen LogP) is 22.7. The van der Waals surface area contributed by atoms with Crippen molar-refractivity contribution in [2.24, 2.45) is 0 Å². The smallest absolute Gasteiger partial charge is 0.462 e. The molecule has 5 atom stereocenters. The van der Waals surface area contributed by atoms with Crippen molar-refractivity contribution in [3.05, 3.63) is 60.8 Å². The van der Waals surface area contributed by atoms with E-state index in [9.17, 15) is 43.2 Å². The number of aliphatic hydroxyl groups is 1. The van der Waals surface area contributed by atoms with Crippen LogP contribution in [0.25, 0.3) is 0 Å². The first-order chi connectivity index (χ1) is 47.7. The molecule has 0 rings (SSSR count).